The first-order valence-electron chi connectivity index (χ1n) is 7.69. The summed E-state index contributed by atoms with van der Waals surface area (Å²) in [6.07, 6.45) is 3.05. The Labute approximate surface area is 135 Å². The summed E-state index contributed by atoms with van der Waals surface area (Å²) in [7, 11) is 0. The number of nitrogens with one attached hydrogen (secondary N) is 1. The van der Waals surface area contributed by atoms with Crippen molar-refractivity contribution in [1.82, 2.24) is 9.88 Å². The minimum atomic E-state index is -1.05. The van der Waals surface area contributed by atoms with Crippen LogP contribution in [0.3, 0.4) is 0 Å². The van der Waals surface area contributed by atoms with Crippen LogP contribution in [0.25, 0.3) is 0 Å². The van der Waals surface area contributed by atoms with Crippen LogP contribution < -0.4 is 5.32 Å². The molecule has 0 saturated carbocycles. The molecular formula is C16H23N3O4. The van der Waals surface area contributed by atoms with Crippen molar-refractivity contribution in [3.8, 4) is 0 Å². The second kappa shape index (κ2) is 6.85. The van der Waals surface area contributed by atoms with E-state index in [4.69, 9.17) is 9.84 Å². The maximum atomic E-state index is 12.2. The van der Waals surface area contributed by atoms with E-state index in [1.54, 1.807) is 11.0 Å². The van der Waals surface area contributed by atoms with E-state index >= 15 is 0 Å². The molecule has 1 atom stereocenters. The highest BCUT2D eigenvalue weighted by Gasteiger charge is 2.31. The van der Waals surface area contributed by atoms with Gasteiger partial charge in [-0.3, -0.25) is 0 Å². The molecule has 1 aliphatic heterocycles. The third kappa shape index (κ3) is 4.84. The Kier molecular flexibility index (Phi) is 5.08. The number of carboxylic acids is 1. The lowest BCUT2D eigenvalue weighted by molar-refractivity contribution is 0.0235. The van der Waals surface area contributed by atoms with Gasteiger partial charge in [-0.25, -0.2) is 14.6 Å². The molecular weight excluding hydrogens is 298 g/mol. The van der Waals surface area contributed by atoms with Crippen LogP contribution >= 0.6 is 0 Å². The minimum Gasteiger partial charge on any atom is -0.477 e. The van der Waals surface area contributed by atoms with Crippen LogP contribution in [0.5, 0.6) is 0 Å². The molecule has 2 N–H and O–H groups in total. The second-order valence-electron chi connectivity index (χ2n) is 6.59. The maximum absolute atomic E-state index is 12.2. The molecule has 2 heterocycles. The molecule has 7 nitrogen and oxygen atoms in total. The van der Waals surface area contributed by atoms with Crippen molar-refractivity contribution >= 4 is 17.7 Å². The van der Waals surface area contributed by atoms with Gasteiger partial charge in [-0.2, -0.15) is 0 Å². The summed E-state index contributed by atoms with van der Waals surface area (Å²) in [5.74, 6) is -1.05. The summed E-state index contributed by atoms with van der Waals surface area (Å²) in [5.41, 5.74) is 0.228. The molecule has 1 aromatic rings. The molecule has 23 heavy (non-hydrogen) atoms. The van der Waals surface area contributed by atoms with Gasteiger partial charge < -0.3 is 20.1 Å². The first-order valence-corrected chi connectivity index (χ1v) is 7.69. The van der Waals surface area contributed by atoms with Crippen molar-refractivity contribution in [1.29, 1.82) is 0 Å². The molecule has 0 unspecified atom stereocenters. The lowest BCUT2D eigenvalue weighted by atomic mass is 10.2. The van der Waals surface area contributed by atoms with Gasteiger partial charge >= 0.3 is 12.1 Å². The van der Waals surface area contributed by atoms with Gasteiger partial charge in [-0.1, -0.05) is 0 Å². The average molecular weight is 321 g/mol. The van der Waals surface area contributed by atoms with Crippen LogP contribution in [-0.2, 0) is 4.74 Å². The van der Waals surface area contributed by atoms with E-state index in [0.717, 1.165) is 18.5 Å². The van der Waals surface area contributed by atoms with Crippen molar-refractivity contribution in [2.24, 2.45) is 0 Å². The molecule has 1 aliphatic rings. The number of aromatic carboxylic acids is 1. The van der Waals surface area contributed by atoms with Gasteiger partial charge in [0.2, 0.25) is 0 Å². The molecule has 0 radical (unpaired) electrons. The molecule has 0 bridgehead atoms. The van der Waals surface area contributed by atoms with E-state index in [2.05, 4.69) is 10.3 Å². The smallest absolute Gasteiger partial charge is 0.410 e. The Bertz CT molecular complexity index is 566. The number of nitrogens with zero attached hydrogens (tertiary/aromatic N) is 2. The zero-order valence-electron chi connectivity index (χ0n) is 13.7. The number of likely N-dealkylation sites (tertiary alicyclic amines) is 1. The number of hydrogen-bond acceptors (Lipinski definition) is 5. The molecule has 0 aliphatic carbocycles. The number of carboxylic acid groups (broad SMARTS) is 1. The van der Waals surface area contributed by atoms with E-state index < -0.39 is 11.6 Å². The van der Waals surface area contributed by atoms with Gasteiger partial charge in [-0.05, 0) is 45.7 Å². The number of carbonyl (C=O) groups is 2. The zero-order valence-corrected chi connectivity index (χ0v) is 13.7. The number of pyridine rings is 1. The zero-order chi connectivity index (χ0) is 17.0. The van der Waals surface area contributed by atoms with Crippen molar-refractivity contribution < 1.29 is 19.4 Å². The van der Waals surface area contributed by atoms with Gasteiger partial charge in [0.15, 0.2) is 0 Å². The molecule has 2 rings (SSSR count). The topological polar surface area (TPSA) is 91.8 Å². The van der Waals surface area contributed by atoms with Crippen molar-refractivity contribution in [3.63, 3.8) is 0 Å². The molecule has 126 valence electrons. The fourth-order valence-corrected chi connectivity index (χ4v) is 2.47. The maximum Gasteiger partial charge on any atom is 0.410 e. The second-order valence-corrected chi connectivity index (χ2v) is 6.59. The summed E-state index contributed by atoms with van der Waals surface area (Å²) in [5, 5.41) is 12.0. The van der Waals surface area contributed by atoms with Crippen LogP contribution in [0, 0.1) is 0 Å². The average Bonchev–Trinajstić information content (AvgIpc) is 2.92. The van der Waals surface area contributed by atoms with Gasteiger partial charge in [0.05, 0.1) is 17.9 Å². The van der Waals surface area contributed by atoms with E-state index in [-0.39, 0.29) is 17.8 Å². The van der Waals surface area contributed by atoms with Crippen LogP contribution in [-0.4, -0.2) is 51.8 Å². The van der Waals surface area contributed by atoms with Gasteiger partial charge in [-0.15, -0.1) is 0 Å². The van der Waals surface area contributed by atoms with Crippen molar-refractivity contribution in [2.45, 2.75) is 45.3 Å². The summed E-state index contributed by atoms with van der Waals surface area (Å²) in [4.78, 5) is 28.6. The third-order valence-corrected chi connectivity index (χ3v) is 3.53. The highest BCUT2D eigenvalue weighted by molar-refractivity contribution is 5.85. The number of hydrogen-bond donors (Lipinski definition) is 2. The number of aromatic nitrogens is 1. The predicted octanol–water partition coefficient (Wildman–Crippen LogP) is 2.59. The Hall–Kier alpha value is -2.31. The highest BCUT2D eigenvalue weighted by atomic mass is 16.6. The van der Waals surface area contributed by atoms with Crippen LogP contribution in [0.2, 0.25) is 0 Å². The number of anilines is 1. The number of amides is 1. The standard InChI is InChI=1S/C16H23N3O4/c1-16(2,3)23-15(22)19-8-4-5-12(19)10-17-11-6-7-13(14(20)21)18-9-11/h6-7,9,12,17H,4-5,8,10H2,1-3H3,(H,20,21)/t12-/m0/s1. The Morgan fingerprint density at radius 2 is 2.17 bits per heavy atom. The van der Waals surface area contributed by atoms with Gasteiger partial charge in [0.1, 0.15) is 11.3 Å². The van der Waals surface area contributed by atoms with E-state index in [1.165, 1.54) is 12.3 Å². The molecule has 0 aromatic carbocycles. The Morgan fingerprint density at radius 1 is 1.43 bits per heavy atom. The van der Waals surface area contributed by atoms with Crippen molar-refractivity contribution in [3.05, 3.63) is 24.0 Å². The third-order valence-electron chi connectivity index (χ3n) is 3.53. The first-order chi connectivity index (χ1) is 10.8. The van der Waals surface area contributed by atoms with E-state index in [0.29, 0.717) is 13.1 Å². The molecule has 1 fully saturated rings. The number of ether oxygens (including phenoxy) is 1. The molecule has 7 heteroatoms. The van der Waals surface area contributed by atoms with Crippen molar-refractivity contribution in [2.75, 3.05) is 18.4 Å². The number of carbonyl (C=O) groups excluding carboxylic acids is 1. The van der Waals surface area contributed by atoms with E-state index in [9.17, 15) is 9.59 Å². The summed E-state index contributed by atoms with van der Waals surface area (Å²) in [6, 6.07) is 3.18. The lowest BCUT2D eigenvalue weighted by Gasteiger charge is -2.28. The fraction of sp³-hybridized carbons (Fsp3) is 0.562. The molecule has 1 amide bonds. The first kappa shape index (κ1) is 17.1. The van der Waals surface area contributed by atoms with Crippen LogP contribution in [0.15, 0.2) is 18.3 Å². The van der Waals surface area contributed by atoms with Gasteiger partial charge in [0, 0.05) is 13.1 Å². The van der Waals surface area contributed by atoms with Crippen LogP contribution in [0.1, 0.15) is 44.1 Å². The Balaban J connectivity index is 1.91. The fourth-order valence-electron chi connectivity index (χ4n) is 2.47. The largest absolute Gasteiger partial charge is 0.477 e. The van der Waals surface area contributed by atoms with Gasteiger partial charge in [0.25, 0.3) is 0 Å². The monoisotopic (exact) mass is 321 g/mol. The summed E-state index contributed by atoms with van der Waals surface area (Å²) in [6.45, 7) is 6.82. The predicted molar refractivity (Wildman–Crippen MR) is 85.6 cm³/mol. The molecule has 1 saturated heterocycles. The number of rotatable bonds is 4. The normalized spacial score (nSPS) is 17.9. The summed E-state index contributed by atoms with van der Waals surface area (Å²) >= 11 is 0. The highest BCUT2D eigenvalue weighted by Crippen LogP contribution is 2.21. The Morgan fingerprint density at radius 3 is 2.74 bits per heavy atom. The lowest BCUT2D eigenvalue weighted by Crippen LogP contribution is -2.42. The van der Waals surface area contributed by atoms with Crippen LogP contribution in [0.4, 0.5) is 10.5 Å². The SMILES string of the molecule is CC(C)(C)OC(=O)N1CCC[C@H]1CNc1ccc(C(=O)O)nc1. The molecule has 1 aromatic heterocycles. The quantitative estimate of drug-likeness (QED) is 0.885. The summed E-state index contributed by atoms with van der Waals surface area (Å²) < 4.78 is 5.43. The molecule has 0 spiro atoms. The van der Waals surface area contributed by atoms with E-state index in [1.807, 2.05) is 20.8 Å². The minimum absolute atomic E-state index is 0.00629.